The van der Waals surface area contributed by atoms with Gasteiger partial charge in [0.25, 0.3) is 0 Å². The van der Waals surface area contributed by atoms with Crippen molar-refractivity contribution in [3.63, 3.8) is 0 Å². The number of hydrogen-bond donors (Lipinski definition) is 2. The van der Waals surface area contributed by atoms with Gasteiger partial charge in [0.15, 0.2) is 5.65 Å². The Hall–Kier alpha value is -4.20. The Morgan fingerprint density at radius 2 is 1.71 bits per heavy atom. The summed E-state index contributed by atoms with van der Waals surface area (Å²) in [7, 11) is 0. The van der Waals surface area contributed by atoms with E-state index in [1.54, 1.807) is 10.7 Å². The fraction of sp³-hybridized carbons (Fsp3) is 0. The Kier molecular flexibility index (Phi) is 3.72. The fourth-order valence-corrected chi connectivity index (χ4v) is 2.91. The second-order valence-electron chi connectivity index (χ2n) is 6.18. The Bertz CT molecular complexity index is 1280. The smallest absolute Gasteiger partial charge is 0.155 e. The molecule has 0 saturated carbocycles. The number of nitrogens with one attached hydrogen (secondary N) is 1. The normalized spacial score (nSPS) is 11.0. The molecule has 3 N–H and O–H groups in total. The number of nitrogen functional groups attached to an aromatic ring is 1. The van der Waals surface area contributed by atoms with E-state index in [-0.39, 0.29) is 0 Å². The van der Waals surface area contributed by atoms with Crippen LogP contribution in [0.25, 0.3) is 16.6 Å². The molecule has 0 spiro atoms. The summed E-state index contributed by atoms with van der Waals surface area (Å²) in [5, 5.41) is 8.27. The van der Waals surface area contributed by atoms with Crippen molar-refractivity contribution in [2.45, 2.75) is 0 Å². The number of rotatable bonds is 4. The van der Waals surface area contributed by atoms with Crippen molar-refractivity contribution in [3.05, 3.63) is 73.4 Å². The molecule has 2 aromatic carbocycles. The van der Waals surface area contributed by atoms with Gasteiger partial charge in [0.2, 0.25) is 0 Å². The molecule has 5 rings (SSSR count). The van der Waals surface area contributed by atoms with Gasteiger partial charge in [-0.25, -0.2) is 19.5 Å². The van der Waals surface area contributed by atoms with Gasteiger partial charge in [-0.15, -0.1) is 0 Å². The van der Waals surface area contributed by atoms with Gasteiger partial charge in [-0.2, -0.15) is 5.10 Å². The third-order valence-electron chi connectivity index (χ3n) is 4.26. The van der Waals surface area contributed by atoms with E-state index < -0.39 is 0 Å². The highest BCUT2D eigenvalue weighted by Crippen LogP contribution is 2.27. The molecule has 0 aliphatic heterocycles. The Labute approximate surface area is 159 Å². The number of benzene rings is 2. The van der Waals surface area contributed by atoms with E-state index in [0.717, 1.165) is 22.2 Å². The molecule has 3 heterocycles. The van der Waals surface area contributed by atoms with Crippen LogP contribution in [-0.2, 0) is 0 Å². The number of nitrogens with two attached hydrogens (primary N) is 1. The topological polar surface area (TPSA) is 103 Å². The van der Waals surface area contributed by atoms with Crippen LogP contribution in [0.15, 0.2) is 73.4 Å². The summed E-state index contributed by atoms with van der Waals surface area (Å²) in [5.74, 6) is 2.08. The highest BCUT2D eigenvalue weighted by molar-refractivity contribution is 5.92. The van der Waals surface area contributed by atoms with Crippen molar-refractivity contribution in [3.8, 4) is 11.5 Å². The fourth-order valence-electron chi connectivity index (χ4n) is 2.91. The minimum absolute atomic E-state index is 0.665. The minimum Gasteiger partial charge on any atom is -0.456 e. The second-order valence-corrected chi connectivity index (χ2v) is 6.18. The lowest BCUT2D eigenvalue weighted by Gasteiger charge is -2.10. The van der Waals surface area contributed by atoms with Crippen LogP contribution in [0.5, 0.6) is 11.5 Å². The minimum atomic E-state index is 0.665. The van der Waals surface area contributed by atoms with Crippen LogP contribution in [0.2, 0.25) is 0 Å². The quantitative estimate of drug-likeness (QED) is 0.465. The molecule has 0 aliphatic carbocycles. The van der Waals surface area contributed by atoms with Crippen LogP contribution >= 0.6 is 0 Å². The largest absolute Gasteiger partial charge is 0.456 e. The second kappa shape index (κ2) is 6.51. The third-order valence-corrected chi connectivity index (χ3v) is 4.26. The Morgan fingerprint density at radius 1 is 0.857 bits per heavy atom. The SMILES string of the molecule is Nc1ccc2ncnc(Nc3ccc(Oc4ccc5ncnn5c4)cc3)c2c1. The van der Waals surface area contributed by atoms with Gasteiger partial charge in [0, 0.05) is 16.8 Å². The molecule has 8 nitrogen and oxygen atoms in total. The molecule has 0 radical (unpaired) electrons. The Balaban J connectivity index is 1.37. The summed E-state index contributed by atoms with van der Waals surface area (Å²) in [6.07, 6.45) is 4.81. The van der Waals surface area contributed by atoms with E-state index in [1.165, 1.54) is 12.7 Å². The number of fused-ring (bicyclic) bond motifs is 2. The van der Waals surface area contributed by atoms with Gasteiger partial charge in [-0.05, 0) is 54.6 Å². The van der Waals surface area contributed by atoms with Crippen LogP contribution in [0.4, 0.5) is 17.2 Å². The average molecular weight is 369 g/mol. The van der Waals surface area contributed by atoms with E-state index in [0.29, 0.717) is 23.0 Å². The van der Waals surface area contributed by atoms with Crippen molar-refractivity contribution >= 4 is 33.7 Å². The maximum absolute atomic E-state index is 5.90. The molecule has 5 aromatic rings. The van der Waals surface area contributed by atoms with E-state index in [2.05, 4.69) is 25.4 Å². The van der Waals surface area contributed by atoms with Crippen molar-refractivity contribution in [2.75, 3.05) is 11.1 Å². The highest BCUT2D eigenvalue weighted by atomic mass is 16.5. The zero-order valence-electron chi connectivity index (χ0n) is 14.6. The lowest BCUT2D eigenvalue weighted by Crippen LogP contribution is -1.97. The first kappa shape index (κ1) is 16.0. The van der Waals surface area contributed by atoms with E-state index >= 15 is 0 Å². The molecule has 3 aromatic heterocycles. The zero-order chi connectivity index (χ0) is 18.9. The first-order valence-electron chi connectivity index (χ1n) is 8.59. The molecule has 0 aliphatic rings. The van der Waals surface area contributed by atoms with Crippen LogP contribution in [-0.4, -0.2) is 24.6 Å². The number of ether oxygens (including phenoxy) is 1. The Morgan fingerprint density at radius 3 is 2.61 bits per heavy atom. The van der Waals surface area contributed by atoms with Crippen molar-refractivity contribution < 1.29 is 4.74 Å². The van der Waals surface area contributed by atoms with Crippen molar-refractivity contribution in [1.29, 1.82) is 0 Å². The van der Waals surface area contributed by atoms with Gasteiger partial charge >= 0.3 is 0 Å². The molecule has 0 atom stereocenters. The summed E-state index contributed by atoms with van der Waals surface area (Å²) >= 11 is 0. The lowest BCUT2D eigenvalue weighted by molar-refractivity contribution is 0.478. The molecule has 0 unspecified atom stereocenters. The first-order chi connectivity index (χ1) is 13.7. The molecule has 28 heavy (non-hydrogen) atoms. The van der Waals surface area contributed by atoms with Crippen LogP contribution in [0.3, 0.4) is 0 Å². The summed E-state index contributed by atoms with van der Waals surface area (Å²) < 4.78 is 7.55. The lowest BCUT2D eigenvalue weighted by atomic mass is 10.2. The number of nitrogens with zero attached hydrogens (tertiary/aromatic N) is 5. The van der Waals surface area contributed by atoms with Gasteiger partial charge < -0.3 is 15.8 Å². The number of hydrogen-bond acceptors (Lipinski definition) is 7. The summed E-state index contributed by atoms with van der Waals surface area (Å²) in [6.45, 7) is 0. The molecular formula is C20H15N7O. The van der Waals surface area contributed by atoms with E-state index in [1.807, 2.05) is 54.6 Å². The van der Waals surface area contributed by atoms with Crippen LogP contribution in [0, 0.1) is 0 Å². The molecule has 136 valence electrons. The third kappa shape index (κ3) is 3.03. The zero-order valence-corrected chi connectivity index (χ0v) is 14.6. The summed E-state index contributed by atoms with van der Waals surface area (Å²) in [5.41, 5.74) is 9.04. The number of pyridine rings is 1. The van der Waals surface area contributed by atoms with Gasteiger partial charge in [-0.3, -0.25) is 0 Å². The molecule has 0 amide bonds. The first-order valence-corrected chi connectivity index (χ1v) is 8.59. The summed E-state index contributed by atoms with van der Waals surface area (Å²) in [4.78, 5) is 12.7. The van der Waals surface area contributed by atoms with Crippen molar-refractivity contribution in [1.82, 2.24) is 24.6 Å². The molecular weight excluding hydrogens is 354 g/mol. The van der Waals surface area contributed by atoms with Gasteiger partial charge in [0.1, 0.15) is 30.0 Å². The van der Waals surface area contributed by atoms with Gasteiger partial charge in [-0.1, -0.05) is 0 Å². The monoisotopic (exact) mass is 369 g/mol. The molecule has 0 saturated heterocycles. The molecule has 8 heteroatoms. The molecule has 0 fully saturated rings. The van der Waals surface area contributed by atoms with Crippen molar-refractivity contribution in [2.24, 2.45) is 0 Å². The number of aromatic nitrogens is 5. The summed E-state index contributed by atoms with van der Waals surface area (Å²) in [6, 6.07) is 16.9. The maximum atomic E-state index is 5.90. The number of anilines is 3. The van der Waals surface area contributed by atoms with Crippen LogP contribution < -0.4 is 15.8 Å². The highest BCUT2D eigenvalue weighted by Gasteiger charge is 2.06. The average Bonchev–Trinajstić information content (AvgIpc) is 3.18. The van der Waals surface area contributed by atoms with E-state index in [4.69, 9.17) is 10.5 Å². The van der Waals surface area contributed by atoms with Gasteiger partial charge in [0.05, 0.1) is 11.7 Å². The predicted molar refractivity (Wildman–Crippen MR) is 107 cm³/mol. The van der Waals surface area contributed by atoms with E-state index in [9.17, 15) is 0 Å². The molecule has 0 bridgehead atoms. The maximum Gasteiger partial charge on any atom is 0.155 e. The van der Waals surface area contributed by atoms with Crippen LogP contribution in [0.1, 0.15) is 0 Å². The standard InChI is InChI=1S/C20H15N7O/c21-13-1-7-18-17(9-13)20(24-11-22-18)26-14-2-4-15(5-3-14)28-16-6-8-19-23-12-25-27(19)10-16/h1-12H,21H2,(H,22,24,26). The predicted octanol–water partition coefficient (Wildman–Crippen LogP) is 3.79.